The van der Waals surface area contributed by atoms with E-state index in [4.69, 9.17) is 5.11 Å². The molecule has 0 radical (unpaired) electrons. The molecule has 1 aromatic rings. The van der Waals surface area contributed by atoms with Gasteiger partial charge in [-0.05, 0) is 24.2 Å². The highest BCUT2D eigenvalue weighted by Crippen LogP contribution is 2.32. The maximum Gasteiger partial charge on any atom is 0.416 e. The van der Waals surface area contributed by atoms with Crippen LogP contribution in [0.2, 0.25) is 0 Å². The van der Waals surface area contributed by atoms with Crippen molar-refractivity contribution in [3.05, 3.63) is 34.9 Å². The highest BCUT2D eigenvalue weighted by molar-refractivity contribution is 5.87. The van der Waals surface area contributed by atoms with Crippen molar-refractivity contribution in [2.45, 2.75) is 19.6 Å². The SMILES string of the molecule is CCNCc1ccc(C(=O)O)cc1C(F)(F)F. The van der Waals surface area contributed by atoms with Crippen molar-refractivity contribution in [2.24, 2.45) is 0 Å². The van der Waals surface area contributed by atoms with Crippen LogP contribution in [0.4, 0.5) is 13.2 Å². The van der Waals surface area contributed by atoms with Crippen LogP contribution in [-0.4, -0.2) is 17.6 Å². The van der Waals surface area contributed by atoms with E-state index in [2.05, 4.69) is 5.32 Å². The Labute approximate surface area is 96.3 Å². The third-order valence-electron chi connectivity index (χ3n) is 2.23. The summed E-state index contributed by atoms with van der Waals surface area (Å²) in [5.41, 5.74) is -1.22. The molecule has 3 nitrogen and oxygen atoms in total. The van der Waals surface area contributed by atoms with E-state index in [1.807, 2.05) is 0 Å². The van der Waals surface area contributed by atoms with Gasteiger partial charge < -0.3 is 10.4 Å². The molecule has 94 valence electrons. The summed E-state index contributed by atoms with van der Waals surface area (Å²) in [4.78, 5) is 10.6. The maximum atomic E-state index is 12.7. The maximum absolute atomic E-state index is 12.7. The van der Waals surface area contributed by atoms with Crippen molar-refractivity contribution in [1.29, 1.82) is 0 Å². The number of nitrogens with one attached hydrogen (secondary N) is 1. The van der Waals surface area contributed by atoms with Crippen LogP contribution in [-0.2, 0) is 12.7 Å². The average Bonchev–Trinajstić information content (AvgIpc) is 2.24. The summed E-state index contributed by atoms with van der Waals surface area (Å²) in [7, 11) is 0. The molecule has 2 N–H and O–H groups in total. The molecule has 6 heteroatoms. The van der Waals surface area contributed by atoms with Crippen molar-refractivity contribution in [3.63, 3.8) is 0 Å². The number of alkyl halides is 3. The van der Waals surface area contributed by atoms with Gasteiger partial charge in [0.2, 0.25) is 0 Å². The zero-order valence-corrected chi connectivity index (χ0v) is 9.14. The van der Waals surface area contributed by atoms with Gasteiger partial charge in [0.25, 0.3) is 0 Å². The number of aromatic carboxylic acids is 1. The quantitative estimate of drug-likeness (QED) is 0.859. The Morgan fingerprint density at radius 3 is 2.53 bits per heavy atom. The van der Waals surface area contributed by atoms with Gasteiger partial charge in [0.15, 0.2) is 0 Å². The van der Waals surface area contributed by atoms with Gasteiger partial charge in [0.05, 0.1) is 11.1 Å². The molecule has 0 aliphatic rings. The number of rotatable bonds is 4. The lowest BCUT2D eigenvalue weighted by Crippen LogP contribution is -2.18. The molecule has 0 aliphatic carbocycles. The van der Waals surface area contributed by atoms with Gasteiger partial charge in [0.1, 0.15) is 0 Å². The number of hydrogen-bond acceptors (Lipinski definition) is 2. The smallest absolute Gasteiger partial charge is 0.416 e. The molecule has 0 atom stereocenters. The summed E-state index contributed by atoms with van der Waals surface area (Å²) < 4.78 is 38.1. The normalized spacial score (nSPS) is 11.5. The van der Waals surface area contributed by atoms with E-state index >= 15 is 0 Å². The minimum Gasteiger partial charge on any atom is -0.478 e. The predicted octanol–water partition coefficient (Wildman–Crippen LogP) is 2.51. The van der Waals surface area contributed by atoms with E-state index in [1.165, 1.54) is 12.1 Å². The summed E-state index contributed by atoms with van der Waals surface area (Å²) in [5, 5.41) is 11.4. The second kappa shape index (κ2) is 5.18. The molecule has 0 aromatic heterocycles. The van der Waals surface area contributed by atoms with Crippen molar-refractivity contribution in [2.75, 3.05) is 6.54 Å². The van der Waals surface area contributed by atoms with Gasteiger partial charge >= 0.3 is 12.1 Å². The topological polar surface area (TPSA) is 49.3 Å². The fourth-order valence-electron chi connectivity index (χ4n) is 1.39. The number of carboxylic acid groups (broad SMARTS) is 1. The number of carbonyl (C=O) groups is 1. The molecule has 0 saturated heterocycles. The van der Waals surface area contributed by atoms with Crippen LogP contribution in [0.25, 0.3) is 0 Å². The average molecular weight is 247 g/mol. The lowest BCUT2D eigenvalue weighted by molar-refractivity contribution is -0.138. The second-order valence-corrected chi connectivity index (χ2v) is 3.46. The molecule has 0 bridgehead atoms. The molecule has 0 fully saturated rings. The molecular weight excluding hydrogens is 235 g/mol. The largest absolute Gasteiger partial charge is 0.478 e. The summed E-state index contributed by atoms with van der Waals surface area (Å²) in [5.74, 6) is -1.37. The Morgan fingerprint density at radius 1 is 1.41 bits per heavy atom. The lowest BCUT2D eigenvalue weighted by atomic mass is 10.0. The number of hydrogen-bond donors (Lipinski definition) is 2. The van der Waals surface area contributed by atoms with Crippen molar-refractivity contribution in [1.82, 2.24) is 5.32 Å². The third kappa shape index (κ3) is 3.45. The van der Waals surface area contributed by atoms with Crippen molar-refractivity contribution >= 4 is 5.97 Å². The van der Waals surface area contributed by atoms with Crippen LogP contribution in [0.3, 0.4) is 0 Å². The zero-order chi connectivity index (χ0) is 13.1. The Kier molecular flexibility index (Phi) is 4.11. The first kappa shape index (κ1) is 13.5. The van der Waals surface area contributed by atoms with Crippen LogP contribution in [0, 0.1) is 0 Å². The minimum absolute atomic E-state index is 0.0457. The summed E-state index contributed by atoms with van der Waals surface area (Å²) >= 11 is 0. The number of carboxylic acids is 1. The van der Waals surface area contributed by atoms with Gasteiger partial charge in [-0.2, -0.15) is 13.2 Å². The molecule has 0 saturated carbocycles. The van der Waals surface area contributed by atoms with E-state index in [9.17, 15) is 18.0 Å². The highest BCUT2D eigenvalue weighted by Gasteiger charge is 2.33. The zero-order valence-electron chi connectivity index (χ0n) is 9.14. The second-order valence-electron chi connectivity index (χ2n) is 3.46. The fourth-order valence-corrected chi connectivity index (χ4v) is 1.39. The Bertz CT molecular complexity index is 416. The van der Waals surface area contributed by atoms with Crippen LogP contribution < -0.4 is 5.32 Å². The van der Waals surface area contributed by atoms with E-state index in [0.29, 0.717) is 12.6 Å². The minimum atomic E-state index is -4.55. The first-order valence-corrected chi connectivity index (χ1v) is 5.00. The predicted molar refractivity (Wildman–Crippen MR) is 55.8 cm³/mol. The van der Waals surface area contributed by atoms with E-state index in [0.717, 1.165) is 0 Å². The van der Waals surface area contributed by atoms with Gasteiger partial charge in [-0.3, -0.25) is 0 Å². The molecule has 0 unspecified atom stereocenters. The standard InChI is InChI=1S/C11H12F3NO2/c1-2-15-6-8-4-3-7(10(16)17)5-9(8)11(12,13)14/h3-5,15H,2,6H2,1H3,(H,16,17). The number of benzene rings is 1. The molecule has 0 spiro atoms. The molecule has 0 heterocycles. The van der Waals surface area contributed by atoms with Crippen molar-refractivity contribution in [3.8, 4) is 0 Å². The highest BCUT2D eigenvalue weighted by atomic mass is 19.4. The van der Waals surface area contributed by atoms with Crippen LogP contribution in [0.5, 0.6) is 0 Å². The van der Waals surface area contributed by atoms with Crippen LogP contribution in [0.15, 0.2) is 18.2 Å². The molecule has 1 rings (SSSR count). The van der Waals surface area contributed by atoms with Gasteiger partial charge in [-0.15, -0.1) is 0 Å². The first-order valence-electron chi connectivity index (χ1n) is 5.00. The molecular formula is C11H12F3NO2. The van der Waals surface area contributed by atoms with Gasteiger partial charge in [0, 0.05) is 6.54 Å². The Balaban J connectivity index is 3.17. The lowest BCUT2D eigenvalue weighted by Gasteiger charge is -2.13. The third-order valence-corrected chi connectivity index (χ3v) is 2.23. The van der Waals surface area contributed by atoms with Crippen molar-refractivity contribution < 1.29 is 23.1 Å². The fraction of sp³-hybridized carbons (Fsp3) is 0.364. The van der Waals surface area contributed by atoms with E-state index in [1.54, 1.807) is 6.92 Å². The Hall–Kier alpha value is -1.56. The monoisotopic (exact) mass is 247 g/mol. The Morgan fingerprint density at radius 2 is 2.06 bits per heavy atom. The van der Waals surface area contributed by atoms with Gasteiger partial charge in [-0.25, -0.2) is 4.79 Å². The summed E-state index contributed by atoms with van der Waals surface area (Å²) in [6, 6.07) is 3.02. The van der Waals surface area contributed by atoms with E-state index in [-0.39, 0.29) is 17.7 Å². The summed E-state index contributed by atoms with van der Waals surface area (Å²) in [6.45, 7) is 2.38. The molecule has 0 amide bonds. The van der Waals surface area contributed by atoms with E-state index < -0.39 is 17.7 Å². The van der Waals surface area contributed by atoms with Crippen LogP contribution in [0.1, 0.15) is 28.4 Å². The van der Waals surface area contributed by atoms with Gasteiger partial charge in [-0.1, -0.05) is 13.0 Å². The molecule has 1 aromatic carbocycles. The van der Waals surface area contributed by atoms with Crippen LogP contribution >= 0.6 is 0 Å². The molecule has 17 heavy (non-hydrogen) atoms. The first-order chi connectivity index (χ1) is 7.86. The summed E-state index contributed by atoms with van der Waals surface area (Å²) in [6.07, 6.45) is -4.55. The molecule has 0 aliphatic heterocycles. The number of halogens is 3.